The molecule has 0 bridgehead atoms. The predicted molar refractivity (Wildman–Crippen MR) is 68.0 cm³/mol. The lowest BCUT2D eigenvalue weighted by Gasteiger charge is -2.02. The number of halogens is 1. The van der Waals surface area contributed by atoms with E-state index in [1.807, 2.05) is 18.2 Å². The summed E-state index contributed by atoms with van der Waals surface area (Å²) in [6.45, 7) is 0. The minimum Gasteiger partial charge on any atom is -0.274 e. The quantitative estimate of drug-likeness (QED) is 0.615. The molecule has 0 saturated heterocycles. The van der Waals surface area contributed by atoms with E-state index in [9.17, 15) is 0 Å². The average Bonchev–Trinajstić information content (AvgIpc) is 2.33. The van der Waals surface area contributed by atoms with Crippen LogP contribution in [0.5, 0.6) is 0 Å². The molecule has 15 heavy (non-hydrogen) atoms. The van der Waals surface area contributed by atoms with Gasteiger partial charge in [0, 0.05) is 4.47 Å². The summed E-state index contributed by atoms with van der Waals surface area (Å²) in [5, 5.41) is 0. The van der Waals surface area contributed by atoms with Crippen molar-refractivity contribution in [1.82, 2.24) is 0 Å². The Labute approximate surface area is 98.0 Å². The molecule has 0 heterocycles. The van der Waals surface area contributed by atoms with E-state index in [-0.39, 0.29) is 0 Å². The minimum atomic E-state index is 1.14. The third kappa shape index (κ3) is 3.16. The maximum atomic E-state index is 4.00. The summed E-state index contributed by atoms with van der Waals surface area (Å²) in [5.41, 5.74) is 2.48. The van der Waals surface area contributed by atoms with Crippen LogP contribution in [0.2, 0.25) is 0 Å². The van der Waals surface area contributed by atoms with Gasteiger partial charge in [0.25, 0.3) is 0 Å². The Morgan fingerprint density at radius 1 is 0.733 bits per heavy atom. The maximum absolute atomic E-state index is 4.00. The highest BCUT2D eigenvalue weighted by molar-refractivity contribution is 9.10. The molecule has 0 radical (unpaired) electrons. The summed E-state index contributed by atoms with van der Waals surface area (Å²) in [5.74, 6) is 8.00. The van der Waals surface area contributed by atoms with Crippen molar-refractivity contribution < 1.29 is 0 Å². The topological polar surface area (TPSA) is 52.0 Å². The van der Waals surface area contributed by atoms with E-state index >= 15 is 0 Å². The van der Waals surface area contributed by atoms with Crippen LogP contribution in [-0.2, 0) is 0 Å². The van der Waals surface area contributed by atoms with Gasteiger partial charge < -0.3 is 0 Å². The minimum absolute atomic E-state index is 1.14. The average molecular weight is 265 g/mol. The molecule has 0 aromatic heterocycles. The van der Waals surface area contributed by atoms with Gasteiger partial charge in [0.05, 0.1) is 0 Å². The molecule has 0 amide bonds. The summed E-state index contributed by atoms with van der Waals surface area (Å²) in [6.07, 6.45) is 0. The summed E-state index contributed by atoms with van der Waals surface area (Å²) < 4.78 is 1.14. The third-order valence-corrected chi connectivity index (χ3v) is 2.65. The van der Waals surface area contributed by atoms with E-state index in [1.54, 1.807) is 0 Å². The number of hydrogen-bond acceptors (Lipinski definition) is 2. The van der Waals surface area contributed by atoms with Crippen LogP contribution in [0.15, 0.2) is 59.1 Å². The molecular formula is C12H13BrN2. The summed E-state index contributed by atoms with van der Waals surface area (Å²) in [7, 11) is 0. The van der Waals surface area contributed by atoms with Gasteiger partial charge in [-0.15, -0.1) is 0 Å². The second-order valence-corrected chi connectivity index (χ2v) is 3.70. The van der Waals surface area contributed by atoms with Crippen molar-refractivity contribution in [2.75, 3.05) is 0 Å². The maximum Gasteiger partial charge on any atom is 0.0253 e. The summed E-state index contributed by atoms with van der Waals surface area (Å²) >= 11 is 3.53. The molecule has 0 atom stereocenters. The van der Waals surface area contributed by atoms with Crippen LogP contribution >= 0.6 is 15.9 Å². The zero-order valence-corrected chi connectivity index (χ0v) is 9.81. The molecule has 2 aromatic carbocycles. The normalized spacial score (nSPS) is 9.00. The number of benzene rings is 2. The Morgan fingerprint density at radius 2 is 1.27 bits per heavy atom. The highest BCUT2D eigenvalue weighted by atomic mass is 79.9. The van der Waals surface area contributed by atoms with Crippen molar-refractivity contribution >= 4 is 15.9 Å². The Hall–Kier alpha value is -1.16. The first-order valence-electron chi connectivity index (χ1n) is 4.51. The molecule has 3 heteroatoms. The van der Waals surface area contributed by atoms with Crippen LogP contribution in [-0.4, -0.2) is 0 Å². The van der Waals surface area contributed by atoms with E-state index in [2.05, 4.69) is 64.0 Å². The zero-order chi connectivity index (χ0) is 11.1. The van der Waals surface area contributed by atoms with Crippen molar-refractivity contribution in [1.29, 1.82) is 0 Å². The molecular weight excluding hydrogens is 252 g/mol. The number of hydrazine groups is 1. The van der Waals surface area contributed by atoms with Gasteiger partial charge in [0.15, 0.2) is 0 Å². The first-order chi connectivity index (χ1) is 7.38. The van der Waals surface area contributed by atoms with Gasteiger partial charge in [-0.3, -0.25) is 11.7 Å². The lowest BCUT2D eigenvalue weighted by Crippen LogP contribution is -2.02. The molecule has 78 valence electrons. The van der Waals surface area contributed by atoms with Crippen molar-refractivity contribution in [3.63, 3.8) is 0 Å². The Balaban J connectivity index is 0.000000531. The molecule has 2 rings (SSSR count). The first-order valence-corrected chi connectivity index (χ1v) is 5.30. The Bertz CT molecular complexity index is 401. The van der Waals surface area contributed by atoms with Gasteiger partial charge in [-0.2, -0.15) is 0 Å². The standard InChI is InChI=1S/C12H9Br.H4N2/c13-12-9-5-4-8-11(12)10-6-2-1-3-7-10;1-2/h1-9H;1-2H2. The van der Waals surface area contributed by atoms with Gasteiger partial charge in [-0.1, -0.05) is 64.5 Å². The summed E-state index contributed by atoms with van der Waals surface area (Å²) in [6, 6.07) is 18.6. The van der Waals surface area contributed by atoms with Gasteiger partial charge in [-0.25, -0.2) is 0 Å². The first kappa shape index (κ1) is 11.9. The zero-order valence-electron chi connectivity index (χ0n) is 8.23. The number of hydrogen-bond donors (Lipinski definition) is 2. The van der Waals surface area contributed by atoms with E-state index < -0.39 is 0 Å². The second-order valence-electron chi connectivity index (χ2n) is 2.85. The largest absolute Gasteiger partial charge is 0.274 e. The molecule has 0 aliphatic rings. The monoisotopic (exact) mass is 264 g/mol. The van der Waals surface area contributed by atoms with Crippen molar-refractivity contribution in [2.24, 2.45) is 11.7 Å². The van der Waals surface area contributed by atoms with E-state index in [4.69, 9.17) is 0 Å². The molecule has 0 saturated carbocycles. The fourth-order valence-electron chi connectivity index (χ4n) is 1.31. The lowest BCUT2D eigenvalue weighted by molar-refractivity contribution is 1.26. The van der Waals surface area contributed by atoms with Crippen molar-refractivity contribution in [2.45, 2.75) is 0 Å². The van der Waals surface area contributed by atoms with E-state index in [1.165, 1.54) is 11.1 Å². The van der Waals surface area contributed by atoms with Crippen LogP contribution in [0.25, 0.3) is 11.1 Å². The highest BCUT2D eigenvalue weighted by Gasteiger charge is 1.99. The van der Waals surface area contributed by atoms with E-state index in [0.717, 1.165) is 4.47 Å². The molecule has 2 aromatic rings. The number of rotatable bonds is 1. The molecule has 4 N–H and O–H groups in total. The van der Waals surface area contributed by atoms with Crippen molar-refractivity contribution in [3.8, 4) is 11.1 Å². The van der Waals surface area contributed by atoms with E-state index in [0.29, 0.717) is 0 Å². The van der Waals surface area contributed by atoms with Crippen LogP contribution in [0, 0.1) is 0 Å². The molecule has 0 aliphatic heterocycles. The lowest BCUT2D eigenvalue weighted by atomic mass is 10.1. The smallest absolute Gasteiger partial charge is 0.0253 e. The Morgan fingerprint density at radius 3 is 1.87 bits per heavy atom. The predicted octanol–water partition coefficient (Wildman–Crippen LogP) is 2.93. The van der Waals surface area contributed by atoms with Crippen LogP contribution in [0.4, 0.5) is 0 Å². The summed E-state index contributed by atoms with van der Waals surface area (Å²) in [4.78, 5) is 0. The fourth-order valence-corrected chi connectivity index (χ4v) is 1.83. The third-order valence-electron chi connectivity index (χ3n) is 1.96. The molecule has 0 unspecified atom stereocenters. The van der Waals surface area contributed by atoms with Gasteiger partial charge >= 0.3 is 0 Å². The number of nitrogens with two attached hydrogens (primary N) is 2. The fraction of sp³-hybridized carbons (Fsp3) is 0. The molecule has 0 spiro atoms. The second kappa shape index (κ2) is 6.35. The van der Waals surface area contributed by atoms with Gasteiger partial charge in [-0.05, 0) is 17.2 Å². The molecule has 0 fully saturated rings. The highest BCUT2D eigenvalue weighted by Crippen LogP contribution is 2.27. The van der Waals surface area contributed by atoms with Gasteiger partial charge in [0.2, 0.25) is 0 Å². The SMILES string of the molecule is Brc1ccccc1-c1ccccc1.NN. The van der Waals surface area contributed by atoms with Crippen LogP contribution < -0.4 is 11.7 Å². The Kier molecular flexibility index (Phi) is 5.04. The molecule has 2 nitrogen and oxygen atoms in total. The van der Waals surface area contributed by atoms with Crippen molar-refractivity contribution in [3.05, 3.63) is 59.1 Å². The molecule has 0 aliphatic carbocycles. The van der Waals surface area contributed by atoms with Crippen LogP contribution in [0.1, 0.15) is 0 Å². The van der Waals surface area contributed by atoms with Crippen LogP contribution in [0.3, 0.4) is 0 Å². The van der Waals surface area contributed by atoms with Gasteiger partial charge in [0.1, 0.15) is 0 Å².